The molecule has 0 amide bonds. The average molecular weight is 242 g/mol. The molecule has 0 aromatic carbocycles. The molecular formula is C13H22O2S. The van der Waals surface area contributed by atoms with Crippen LogP contribution in [0.25, 0.3) is 0 Å². The Balaban J connectivity index is 2.70. The zero-order valence-corrected chi connectivity index (χ0v) is 11.2. The molecule has 0 saturated heterocycles. The first-order chi connectivity index (χ1) is 7.68. The van der Waals surface area contributed by atoms with Crippen molar-refractivity contribution >= 4 is 11.3 Å². The van der Waals surface area contributed by atoms with E-state index in [-0.39, 0.29) is 5.60 Å². The number of hydrogen-bond donors (Lipinski definition) is 1. The van der Waals surface area contributed by atoms with Crippen molar-refractivity contribution in [1.82, 2.24) is 0 Å². The smallest absolute Gasteiger partial charge is 0.0938 e. The van der Waals surface area contributed by atoms with Crippen molar-refractivity contribution in [3.8, 4) is 0 Å². The molecule has 92 valence electrons. The number of thiophene rings is 1. The van der Waals surface area contributed by atoms with Crippen LogP contribution in [0, 0.1) is 0 Å². The van der Waals surface area contributed by atoms with E-state index in [1.165, 1.54) is 5.56 Å². The summed E-state index contributed by atoms with van der Waals surface area (Å²) in [4.78, 5) is 0. The maximum atomic E-state index is 10.3. The molecule has 1 aromatic rings. The molecule has 0 radical (unpaired) electrons. The summed E-state index contributed by atoms with van der Waals surface area (Å²) in [5.74, 6) is 0. The second-order valence-corrected chi connectivity index (χ2v) is 4.84. The Kier molecular flexibility index (Phi) is 5.46. The molecule has 0 spiro atoms. The molecule has 0 aliphatic rings. The zero-order valence-electron chi connectivity index (χ0n) is 10.4. The lowest BCUT2D eigenvalue weighted by molar-refractivity contribution is -0.124. The topological polar surface area (TPSA) is 29.5 Å². The summed E-state index contributed by atoms with van der Waals surface area (Å²) in [6, 6.07) is 2.07. The van der Waals surface area contributed by atoms with E-state index in [0.29, 0.717) is 13.0 Å². The number of aliphatic hydroxyl groups is 1. The van der Waals surface area contributed by atoms with E-state index in [1.54, 1.807) is 11.3 Å². The standard InChI is InChI=1S/C13H22O2S/c1-4-13(5-2,15-6-3)12(14)9-11-7-8-16-10-11/h7-8,10,12,14H,4-6,9H2,1-3H3. The molecule has 1 N–H and O–H groups in total. The molecule has 1 atom stereocenters. The van der Waals surface area contributed by atoms with Crippen molar-refractivity contribution in [3.05, 3.63) is 22.4 Å². The Hall–Kier alpha value is -0.380. The van der Waals surface area contributed by atoms with E-state index in [9.17, 15) is 5.11 Å². The lowest BCUT2D eigenvalue weighted by Gasteiger charge is -2.36. The van der Waals surface area contributed by atoms with Crippen LogP contribution >= 0.6 is 11.3 Å². The minimum atomic E-state index is -0.419. The van der Waals surface area contributed by atoms with Crippen LogP contribution in [-0.4, -0.2) is 23.4 Å². The van der Waals surface area contributed by atoms with Gasteiger partial charge in [0, 0.05) is 13.0 Å². The number of hydrogen-bond acceptors (Lipinski definition) is 3. The van der Waals surface area contributed by atoms with Crippen molar-refractivity contribution in [2.45, 2.75) is 51.7 Å². The fourth-order valence-corrected chi connectivity index (χ4v) is 2.81. The van der Waals surface area contributed by atoms with Crippen LogP contribution in [0.3, 0.4) is 0 Å². The van der Waals surface area contributed by atoms with E-state index in [2.05, 4.69) is 25.3 Å². The molecular weight excluding hydrogens is 220 g/mol. The second kappa shape index (κ2) is 6.38. The number of ether oxygens (including phenoxy) is 1. The molecule has 16 heavy (non-hydrogen) atoms. The van der Waals surface area contributed by atoms with Gasteiger partial charge in [-0.25, -0.2) is 0 Å². The highest BCUT2D eigenvalue weighted by Gasteiger charge is 2.35. The molecule has 1 unspecified atom stereocenters. The molecule has 2 nitrogen and oxygen atoms in total. The molecule has 0 aliphatic carbocycles. The molecule has 0 saturated carbocycles. The summed E-state index contributed by atoms with van der Waals surface area (Å²) in [5.41, 5.74) is 0.819. The predicted octanol–water partition coefficient (Wildman–Crippen LogP) is 3.25. The predicted molar refractivity (Wildman–Crippen MR) is 69.0 cm³/mol. The highest BCUT2D eigenvalue weighted by atomic mass is 32.1. The summed E-state index contributed by atoms with van der Waals surface area (Å²) in [6.07, 6.45) is 1.97. The third kappa shape index (κ3) is 3.06. The van der Waals surface area contributed by atoms with Crippen LogP contribution in [-0.2, 0) is 11.2 Å². The van der Waals surface area contributed by atoms with Gasteiger partial charge < -0.3 is 9.84 Å². The van der Waals surface area contributed by atoms with E-state index in [4.69, 9.17) is 4.74 Å². The van der Waals surface area contributed by atoms with Crippen molar-refractivity contribution in [2.24, 2.45) is 0 Å². The summed E-state index contributed by atoms with van der Waals surface area (Å²) in [5, 5.41) is 14.5. The van der Waals surface area contributed by atoms with Gasteiger partial charge in [-0.05, 0) is 42.2 Å². The van der Waals surface area contributed by atoms with Crippen LogP contribution < -0.4 is 0 Å². The van der Waals surface area contributed by atoms with Crippen LogP contribution in [0.5, 0.6) is 0 Å². The van der Waals surface area contributed by atoms with Crippen LogP contribution in [0.2, 0.25) is 0 Å². The highest BCUT2D eigenvalue weighted by molar-refractivity contribution is 7.07. The van der Waals surface area contributed by atoms with Gasteiger partial charge in [0.05, 0.1) is 11.7 Å². The van der Waals surface area contributed by atoms with E-state index in [0.717, 1.165) is 12.8 Å². The largest absolute Gasteiger partial charge is 0.390 e. The molecule has 1 rings (SSSR count). The van der Waals surface area contributed by atoms with Gasteiger partial charge in [-0.15, -0.1) is 0 Å². The van der Waals surface area contributed by atoms with Crippen molar-refractivity contribution in [3.63, 3.8) is 0 Å². The summed E-state index contributed by atoms with van der Waals surface area (Å²) < 4.78 is 5.79. The molecule has 1 aromatic heterocycles. The second-order valence-electron chi connectivity index (χ2n) is 4.06. The fraction of sp³-hybridized carbons (Fsp3) is 0.692. The molecule has 0 aliphatic heterocycles. The van der Waals surface area contributed by atoms with Gasteiger partial charge in [0.25, 0.3) is 0 Å². The maximum absolute atomic E-state index is 10.3. The lowest BCUT2D eigenvalue weighted by atomic mass is 9.87. The van der Waals surface area contributed by atoms with E-state index < -0.39 is 6.10 Å². The zero-order chi connectivity index (χ0) is 12.0. The molecule has 3 heteroatoms. The van der Waals surface area contributed by atoms with Crippen LogP contribution in [0.1, 0.15) is 39.2 Å². The van der Waals surface area contributed by atoms with Gasteiger partial charge in [0.1, 0.15) is 0 Å². The quantitative estimate of drug-likeness (QED) is 0.795. The van der Waals surface area contributed by atoms with Crippen molar-refractivity contribution in [1.29, 1.82) is 0 Å². The van der Waals surface area contributed by atoms with E-state index >= 15 is 0 Å². The van der Waals surface area contributed by atoms with Gasteiger partial charge in [0.15, 0.2) is 0 Å². The van der Waals surface area contributed by atoms with Gasteiger partial charge in [-0.2, -0.15) is 11.3 Å². The van der Waals surface area contributed by atoms with Gasteiger partial charge in [-0.1, -0.05) is 13.8 Å². The Morgan fingerprint density at radius 1 is 1.38 bits per heavy atom. The first-order valence-corrected chi connectivity index (χ1v) is 6.95. The first-order valence-electron chi connectivity index (χ1n) is 6.01. The average Bonchev–Trinajstić information content (AvgIpc) is 2.78. The molecule has 0 fully saturated rings. The Morgan fingerprint density at radius 3 is 2.50 bits per heavy atom. The first kappa shape index (κ1) is 13.7. The Labute approximate surface area is 102 Å². The normalized spacial score (nSPS) is 14.0. The van der Waals surface area contributed by atoms with Crippen molar-refractivity contribution in [2.75, 3.05) is 6.61 Å². The van der Waals surface area contributed by atoms with E-state index in [1.807, 2.05) is 12.3 Å². The van der Waals surface area contributed by atoms with Crippen LogP contribution in [0.15, 0.2) is 16.8 Å². The highest BCUT2D eigenvalue weighted by Crippen LogP contribution is 2.27. The summed E-state index contributed by atoms with van der Waals surface area (Å²) >= 11 is 1.67. The van der Waals surface area contributed by atoms with Gasteiger partial charge in [0.2, 0.25) is 0 Å². The SMILES string of the molecule is CCOC(CC)(CC)C(O)Cc1ccsc1. The van der Waals surface area contributed by atoms with Crippen LogP contribution in [0.4, 0.5) is 0 Å². The minimum absolute atomic E-state index is 0.378. The number of aliphatic hydroxyl groups excluding tert-OH is 1. The minimum Gasteiger partial charge on any atom is -0.390 e. The summed E-state index contributed by atoms with van der Waals surface area (Å²) in [6.45, 7) is 6.80. The Bertz CT molecular complexity index is 278. The van der Waals surface area contributed by atoms with Gasteiger partial charge >= 0.3 is 0 Å². The van der Waals surface area contributed by atoms with Gasteiger partial charge in [-0.3, -0.25) is 0 Å². The Morgan fingerprint density at radius 2 is 2.06 bits per heavy atom. The third-order valence-corrected chi connectivity index (χ3v) is 3.98. The summed E-state index contributed by atoms with van der Waals surface area (Å²) in [7, 11) is 0. The fourth-order valence-electron chi connectivity index (χ4n) is 2.13. The third-order valence-electron chi connectivity index (χ3n) is 3.25. The molecule has 0 bridgehead atoms. The molecule has 1 heterocycles. The lowest BCUT2D eigenvalue weighted by Crippen LogP contribution is -2.45. The number of rotatable bonds is 7. The van der Waals surface area contributed by atoms with Crippen molar-refractivity contribution < 1.29 is 9.84 Å². The maximum Gasteiger partial charge on any atom is 0.0938 e. The monoisotopic (exact) mass is 242 g/mol.